The van der Waals surface area contributed by atoms with Crippen LogP contribution in [0.3, 0.4) is 0 Å². The number of aliphatic hydroxyl groups is 1. The van der Waals surface area contributed by atoms with Crippen LogP contribution < -0.4 is 5.73 Å². The van der Waals surface area contributed by atoms with Gasteiger partial charge in [-0.2, -0.15) is 0 Å². The summed E-state index contributed by atoms with van der Waals surface area (Å²) in [4.78, 5) is 0. The van der Waals surface area contributed by atoms with Gasteiger partial charge in [-0.05, 0) is 6.42 Å². The SMILES string of the molecule is NCc1noc2c1C(O)CC2. The molecule has 0 aliphatic heterocycles. The van der Waals surface area contributed by atoms with Crippen LogP contribution in [0.15, 0.2) is 4.52 Å². The quantitative estimate of drug-likeness (QED) is 0.602. The number of aromatic nitrogens is 1. The first kappa shape index (κ1) is 6.82. The van der Waals surface area contributed by atoms with Gasteiger partial charge in [-0.25, -0.2) is 0 Å². The van der Waals surface area contributed by atoms with Crippen molar-refractivity contribution in [2.75, 3.05) is 0 Å². The topological polar surface area (TPSA) is 72.3 Å². The van der Waals surface area contributed by atoms with Crippen LogP contribution in [0.2, 0.25) is 0 Å². The van der Waals surface area contributed by atoms with Gasteiger partial charge in [0.25, 0.3) is 0 Å². The van der Waals surface area contributed by atoms with Gasteiger partial charge in [0.05, 0.1) is 6.10 Å². The van der Waals surface area contributed by atoms with Crippen molar-refractivity contribution in [3.63, 3.8) is 0 Å². The van der Waals surface area contributed by atoms with E-state index in [-0.39, 0.29) is 0 Å². The standard InChI is InChI=1S/C7H10N2O2/c8-3-4-7-5(10)1-2-6(7)11-9-4/h5,10H,1-3,8H2. The van der Waals surface area contributed by atoms with Gasteiger partial charge in [0.15, 0.2) is 0 Å². The number of nitrogens with zero attached hydrogens (tertiary/aromatic N) is 1. The van der Waals surface area contributed by atoms with Gasteiger partial charge in [0.2, 0.25) is 0 Å². The second kappa shape index (κ2) is 2.32. The van der Waals surface area contributed by atoms with Crippen molar-refractivity contribution >= 4 is 0 Å². The zero-order valence-electron chi connectivity index (χ0n) is 6.08. The van der Waals surface area contributed by atoms with E-state index >= 15 is 0 Å². The van der Waals surface area contributed by atoms with Gasteiger partial charge in [0, 0.05) is 18.5 Å². The summed E-state index contributed by atoms with van der Waals surface area (Å²) in [5, 5.41) is 13.2. The fourth-order valence-corrected chi connectivity index (χ4v) is 1.49. The van der Waals surface area contributed by atoms with Crippen LogP contribution >= 0.6 is 0 Å². The molecule has 4 nitrogen and oxygen atoms in total. The highest BCUT2D eigenvalue weighted by Gasteiger charge is 2.27. The second-order valence-corrected chi connectivity index (χ2v) is 2.72. The van der Waals surface area contributed by atoms with E-state index in [9.17, 15) is 5.11 Å². The molecule has 4 heteroatoms. The molecule has 1 unspecified atom stereocenters. The third kappa shape index (κ3) is 0.868. The van der Waals surface area contributed by atoms with Crippen molar-refractivity contribution < 1.29 is 9.63 Å². The van der Waals surface area contributed by atoms with Crippen LogP contribution in [-0.4, -0.2) is 10.3 Å². The van der Waals surface area contributed by atoms with Crippen molar-refractivity contribution in [1.82, 2.24) is 5.16 Å². The van der Waals surface area contributed by atoms with E-state index in [4.69, 9.17) is 10.3 Å². The van der Waals surface area contributed by atoms with E-state index < -0.39 is 6.10 Å². The van der Waals surface area contributed by atoms with Crippen molar-refractivity contribution in [3.05, 3.63) is 17.0 Å². The minimum absolute atomic E-state index is 0.343. The third-order valence-corrected chi connectivity index (χ3v) is 2.05. The molecular formula is C7H10N2O2. The summed E-state index contributed by atoms with van der Waals surface area (Å²) < 4.78 is 4.98. The smallest absolute Gasteiger partial charge is 0.142 e. The number of rotatable bonds is 1. The van der Waals surface area contributed by atoms with E-state index in [1.54, 1.807) is 0 Å². The molecule has 0 bridgehead atoms. The highest BCUT2D eigenvalue weighted by molar-refractivity contribution is 5.29. The van der Waals surface area contributed by atoms with Crippen LogP contribution in [0.1, 0.15) is 29.5 Å². The molecule has 2 rings (SSSR count). The van der Waals surface area contributed by atoms with Crippen molar-refractivity contribution in [2.45, 2.75) is 25.5 Å². The van der Waals surface area contributed by atoms with Gasteiger partial charge in [0.1, 0.15) is 11.5 Å². The van der Waals surface area contributed by atoms with Crippen LogP contribution in [0.5, 0.6) is 0 Å². The van der Waals surface area contributed by atoms with E-state index in [1.165, 1.54) is 0 Å². The van der Waals surface area contributed by atoms with Crippen LogP contribution in [-0.2, 0) is 13.0 Å². The molecule has 60 valence electrons. The summed E-state index contributed by atoms with van der Waals surface area (Å²) in [5.41, 5.74) is 6.92. The van der Waals surface area contributed by atoms with Gasteiger partial charge >= 0.3 is 0 Å². The minimum Gasteiger partial charge on any atom is -0.388 e. The van der Waals surface area contributed by atoms with Crippen LogP contribution in [0.4, 0.5) is 0 Å². The highest BCUT2D eigenvalue weighted by Crippen LogP contribution is 2.33. The molecule has 0 saturated carbocycles. The first-order valence-corrected chi connectivity index (χ1v) is 3.68. The zero-order valence-corrected chi connectivity index (χ0v) is 6.08. The summed E-state index contributed by atoms with van der Waals surface area (Å²) >= 11 is 0. The Hall–Kier alpha value is -0.870. The van der Waals surface area contributed by atoms with E-state index in [1.807, 2.05) is 0 Å². The van der Waals surface area contributed by atoms with Crippen LogP contribution in [0, 0.1) is 0 Å². The summed E-state index contributed by atoms with van der Waals surface area (Å²) in [7, 11) is 0. The van der Waals surface area contributed by atoms with Crippen molar-refractivity contribution in [1.29, 1.82) is 0 Å². The molecule has 0 fully saturated rings. The maximum absolute atomic E-state index is 9.43. The monoisotopic (exact) mass is 154 g/mol. The van der Waals surface area contributed by atoms with Crippen molar-refractivity contribution in [3.8, 4) is 0 Å². The fourth-order valence-electron chi connectivity index (χ4n) is 1.49. The molecule has 0 aromatic carbocycles. The average molecular weight is 154 g/mol. The lowest BCUT2D eigenvalue weighted by molar-refractivity contribution is 0.178. The Labute approximate surface area is 64.0 Å². The molecule has 3 N–H and O–H groups in total. The molecule has 1 aliphatic carbocycles. The Balaban J connectivity index is 2.46. The Morgan fingerprint density at radius 1 is 1.73 bits per heavy atom. The number of aliphatic hydroxyl groups excluding tert-OH is 1. The molecule has 0 spiro atoms. The summed E-state index contributed by atoms with van der Waals surface area (Å²) in [6.07, 6.45) is 1.11. The molecule has 0 radical (unpaired) electrons. The lowest BCUT2D eigenvalue weighted by Gasteiger charge is -1.99. The molecule has 0 saturated heterocycles. The molecule has 1 aliphatic rings. The molecular weight excluding hydrogens is 144 g/mol. The Kier molecular flexibility index (Phi) is 1.44. The third-order valence-electron chi connectivity index (χ3n) is 2.05. The minimum atomic E-state index is -0.408. The Morgan fingerprint density at radius 2 is 2.55 bits per heavy atom. The Morgan fingerprint density at radius 3 is 3.27 bits per heavy atom. The highest BCUT2D eigenvalue weighted by atomic mass is 16.5. The summed E-state index contributed by atoms with van der Waals surface area (Å²) in [6, 6.07) is 0. The zero-order chi connectivity index (χ0) is 7.84. The van der Waals surface area contributed by atoms with E-state index in [0.717, 1.165) is 24.2 Å². The number of aryl methyl sites for hydroxylation is 1. The molecule has 1 heterocycles. The van der Waals surface area contributed by atoms with Gasteiger partial charge in [-0.1, -0.05) is 5.16 Å². The number of hydrogen-bond acceptors (Lipinski definition) is 4. The lowest BCUT2D eigenvalue weighted by atomic mass is 10.2. The summed E-state index contributed by atoms with van der Waals surface area (Å²) in [6.45, 7) is 0.343. The second-order valence-electron chi connectivity index (χ2n) is 2.72. The number of hydrogen-bond donors (Lipinski definition) is 2. The molecule has 1 aromatic rings. The van der Waals surface area contributed by atoms with Crippen molar-refractivity contribution in [2.24, 2.45) is 5.73 Å². The summed E-state index contributed by atoms with van der Waals surface area (Å²) in [5.74, 6) is 0.804. The largest absolute Gasteiger partial charge is 0.388 e. The molecule has 11 heavy (non-hydrogen) atoms. The van der Waals surface area contributed by atoms with Gasteiger partial charge in [-0.15, -0.1) is 0 Å². The van der Waals surface area contributed by atoms with Gasteiger partial charge in [-0.3, -0.25) is 0 Å². The lowest BCUT2D eigenvalue weighted by Crippen LogP contribution is -2.02. The maximum atomic E-state index is 9.43. The van der Waals surface area contributed by atoms with Crippen LogP contribution in [0.25, 0.3) is 0 Å². The maximum Gasteiger partial charge on any atom is 0.142 e. The molecule has 1 atom stereocenters. The van der Waals surface area contributed by atoms with Gasteiger partial charge < -0.3 is 15.4 Å². The average Bonchev–Trinajstić information content (AvgIpc) is 2.54. The molecule has 0 amide bonds. The first-order chi connectivity index (χ1) is 5.33. The predicted molar refractivity (Wildman–Crippen MR) is 37.7 cm³/mol. The fraction of sp³-hybridized carbons (Fsp3) is 0.571. The molecule has 1 aromatic heterocycles. The van der Waals surface area contributed by atoms with E-state index in [2.05, 4.69) is 5.16 Å². The van der Waals surface area contributed by atoms with E-state index in [0.29, 0.717) is 12.2 Å². The first-order valence-electron chi connectivity index (χ1n) is 3.68. The Bertz CT molecular complexity index is 269. The normalized spacial score (nSPS) is 22.2. The number of nitrogens with two attached hydrogens (primary N) is 1. The predicted octanol–water partition coefficient (Wildman–Crippen LogP) is 0.113. The number of fused-ring (bicyclic) bond motifs is 1.